The number of pyridine rings is 1. The molecule has 2 aromatic carbocycles. The number of aliphatic hydroxyl groups is 1. The highest BCUT2D eigenvalue weighted by Gasteiger charge is 2.53. The second-order valence-electron chi connectivity index (χ2n) is 7.37. The average molecular weight is 461 g/mol. The van der Waals surface area contributed by atoms with Gasteiger partial charge in [0.1, 0.15) is 11.5 Å². The number of hydrazone groups is 1. The zero-order chi connectivity index (χ0) is 23.8. The number of hydrogen-bond acceptors (Lipinski definition) is 5. The van der Waals surface area contributed by atoms with Gasteiger partial charge in [-0.3, -0.25) is 4.79 Å². The molecule has 172 valence electrons. The molecule has 0 saturated carbocycles. The number of amides is 1. The number of alkyl halides is 4. The van der Waals surface area contributed by atoms with Crippen molar-refractivity contribution in [1.29, 1.82) is 0 Å². The largest absolute Gasteiger partial charge is 0.493 e. The highest BCUT2D eigenvalue weighted by atomic mass is 19.3. The summed E-state index contributed by atoms with van der Waals surface area (Å²) in [7, 11) is 0. The second-order valence-corrected chi connectivity index (χ2v) is 7.37. The molecule has 1 aliphatic heterocycles. The minimum absolute atomic E-state index is 0.0547. The smallest absolute Gasteiger partial charge is 0.287 e. The van der Waals surface area contributed by atoms with E-state index in [4.69, 9.17) is 4.74 Å². The number of para-hydroxylation sites is 2. The maximum absolute atomic E-state index is 13.7. The van der Waals surface area contributed by atoms with Gasteiger partial charge >= 0.3 is 0 Å². The minimum Gasteiger partial charge on any atom is -0.493 e. The van der Waals surface area contributed by atoms with E-state index in [9.17, 15) is 27.5 Å². The van der Waals surface area contributed by atoms with Crippen LogP contribution in [0.3, 0.4) is 0 Å². The summed E-state index contributed by atoms with van der Waals surface area (Å²) in [5.74, 6) is -0.661. The molecule has 2 heterocycles. The summed E-state index contributed by atoms with van der Waals surface area (Å²) in [4.78, 5) is 17.9. The Morgan fingerprint density at radius 3 is 2.55 bits per heavy atom. The summed E-state index contributed by atoms with van der Waals surface area (Å²) in [5, 5.41) is 14.1. The van der Waals surface area contributed by atoms with Crippen LogP contribution in [0.25, 0.3) is 22.2 Å². The summed E-state index contributed by atoms with van der Waals surface area (Å²) >= 11 is 0. The van der Waals surface area contributed by atoms with Crippen molar-refractivity contribution in [3.8, 4) is 17.0 Å². The third kappa shape index (κ3) is 4.02. The fraction of sp³-hybridized carbons (Fsp3) is 0.261. The number of benzene rings is 2. The van der Waals surface area contributed by atoms with Crippen molar-refractivity contribution in [3.05, 3.63) is 60.2 Å². The van der Waals surface area contributed by atoms with Crippen molar-refractivity contribution >= 4 is 22.5 Å². The molecular weight excluding hydrogens is 442 g/mol. The Labute approximate surface area is 186 Å². The summed E-state index contributed by atoms with van der Waals surface area (Å²) < 4.78 is 59.4. The van der Waals surface area contributed by atoms with Crippen LogP contribution in [0.1, 0.15) is 23.7 Å². The van der Waals surface area contributed by atoms with Crippen LogP contribution in [0.2, 0.25) is 0 Å². The van der Waals surface area contributed by atoms with Crippen molar-refractivity contribution < 1.29 is 32.2 Å². The molecular formula is C23H19F4N3O3. The maximum atomic E-state index is 13.7. The molecule has 0 spiro atoms. The van der Waals surface area contributed by atoms with E-state index in [0.29, 0.717) is 29.1 Å². The van der Waals surface area contributed by atoms with Gasteiger partial charge in [-0.25, -0.2) is 22.5 Å². The fourth-order valence-corrected chi connectivity index (χ4v) is 3.67. The van der Waals surface area contributed by atoms with Gasteiger partial charge in [-0.2, -0.15) is 10.1 Å². The summed E-state index contributed by atoms with van der Waals surface area (Å²) in [6, 6.07) is 14.7. The van der Waals surface area contributed by atoms with Crippen molar-refractivity contribution in [2.45, 2.75) is 31.9 Å². The van der Waals surface area contributed by atoms with E-state index in [1.165, 1.54) is 6.07 Å². The van der Waals surface area contributed by atoms with Gasteiger partial charge in [-0.1, -0.05) is 30.3 Å². The first-order valence-electron chi connectivity index (χ1n) is 10.1. The van der Waals surface area contributed by atoms with E-state index in [-0.39, 0.29) is 16.0 Å². The number of fused-ring (bicyclic) bond motifs is 1. The normalized spacial score (nSPS) is 18.3. The first-order valence-corrected chi connectivity index (χ1v) is 10.1. The molecule has 1 atom stereocenters. The first-order chi connectivity index (χ1) is 15.8. The SMILES string of the molecule is CCOc1ccccc1-c1cc(C(=O)N2N=C(C(F)F)C[C@@]2(O)C(F)F)c2ccccc2n1. The number of hydrogen-bond donors (Lipinski definition) is 1. The summed E-state index contributed by atoms with van der Waals surface area (Å²) in [5.41, 5.74) is -3.09. The number of nitrogens with zero attached hydrogens (tertiary/aromatic N) is 3. The lowest BCUT2D eigenvalue weighted by molar-refractivity contribution is -0.164. The Bertz CT molecular complexity index is 1230. The van der Waals surface area contributed by atoms with Crippen molar-refractivity contribution in [2.75, 3.05) is 6.61 Å². The molecule has 0 radical (unpaired) electrons. The molecule has 0 unspecified atom stereocenters. The summed E-state index contributed by atoms with van der Waals surface area (Å²) in [6.45, 7) is 2.17. The predicted molar refractivity (Wildman–Crippen MR) is 114 cm³/mol. The first kappa shape index (κ1) is 22.7. The van der Waals surface area contributed by atoms with Crippen LogP contribution < -0.4 is 4.74 Å². The highest BCUT2D eigenvalue weighted by Crippen LogP contribution is 2.37. The van der Waals surface area contributed by atoms with Gasteiger partial charge in [0.05, 0.1) is 23.4 Å². The van der Waals surface area contributed by atoms with Gasteiger partial charge in [0.15, 0.2) is 0 Å². The quantitative estimate of drug-likeness (QED) is 0.539. The molecule has 1 aliphatic rings. The van der Waals surface area contributed by atoms with Gasteiger partial charge in [-0.15, -0.1) is 0 Å². The average Bonchev–Trinajstić information content (AvgIpc) is 3.18. The van der Waals surface area contributed by atoms with E-state index in [0.717, 1.165) is 0 Å². The molecule has 0 aliphatic carbocycles. The minimum atomic E-state index is -3.52. The third-order valence-electron chi connectivity index (χ3n) is 5.24. The van der Waals surface area contributed by atoms with Crippen LogP contribution in [0.5, 0.6) is 5.75 Å². The molecule has 1 N–H and O–H groups in total. The molecule has 1 amide bonds. The van der Waals surface area contributed by atoms with E-state index in [2.05, 4.69) is 10.1 Å². The highest BCUT2D eigenvalue weighted by molar-refractivity contribution is 6.08. The number of rotatable bonds is 6. The zero-order valence-corrected chi connectivity index (χ0v) is 17.4. The monoisotopic (exact) mass is 461 g/mol. The lowest BCUT2D eigenvalue weighted by atomic mass is 10.0. The standard InChI is InChI=1S/C23H19F4N3O3/c1-2-33-19-10-6-4-8-14(19)17-11-15(13-7-3-5-9-16(13)28-17)21(31)30-23(32,22(26)27)12-18(29-30)20(24)25/h3-11,20,22,32H,2,12H2,1H3/t23-/m1/s1. The van der Waals surface area contributed by atoms with Gasteiger partial charge in [0, 0.05) is 17.4 Å². The lowest BCUT2D eigenvalue weighted by Gasteiger charge is -2.30. The lowest BCUT2D eigenvalue weighted by Crippen LogP contribution is -2.51. The Kier molecular flexibility index (Phi) is 6.03. The molecule has 33 heavy (non-hydrogen) atoms. The summed E-state index contributed by atoms with van der Waals surface area (Å²) in [6.07, 6.45) is -7.87. The van der Waals surface area contributed by atoms with Crippen LogP contribution >= 0.6 is 0 Å². The fourth-order valence-electron chi connectivity index (χ4n) is 3.67. The molecule has 0 saturated heterocycles. The maximum Gasteiger partial charge on any atom is 0.287 e. The van der Waals surface area contributed by atoms with Crippen LogP contribution in [-0.4, -0.2) is 51.9 Å². The molecule has 0 fully saturated rings. The van der Waals surface area contributed by atoms with Crippen molar-refractivity contribution in [3.63, 3.8) is 0 Å². The van der Waals surface area contributed by atoms with Gasteiger partial charge in [-0.05, 0) is 31.2 Å². The van der Waals surface area contributed by atoms with Crippen LogP contribution in [0.15, 0.2) is 59.7 Å². The number of carbonyl (C=O) groups is 1. The molecule has 6 nitrogen and oxygen atoms in total. The topological polar surface area (TPSA) is 75.0 Å². The van der Waals surface area contributed by atoms with Crippen LogP contribution in [0.4, 0.5) is 17.6 Å². The number of aromatic nitrogens is 1. The van der Waals surface area contributed by atoms with Crippen molar-refractivity contribution in [1.82, 2.24) is 9.99 Å². The zero-order valence-electron chi connectivity index (χ0n) is 17.4. The molecule has 0 bridgehead atoms. The van der Waals surface area contributed by atoms with Crippen molar-refractivity contribution in [2.24, 2.45) is 5.10 Å². The third-order valence-corrected chi connectivity index (χ3v) is 5.24. The molecule has 1 aromatic heterocycles. The molecule has 10 heteroatoms. The molecule has 3 aromatic rings. The Hall–Kier alpha value is -3.53. The van der Waals surface area contributed by atoms with Gasteiger partial charge in [0.2, 0.25) is 5.72 Å². The predicted octanol–water partition coefficient (Wildman–Crippen LogP) is 4.72. The van der Waals surface area contributed by atoms with Gasteiger partial charge in [0.25, 0.3) is 18.8 Å². The Morgan fingerprint density at radius 2 is 1.85 bits per heavy atom. The van der Waals surface area contributed by atoms with E-state index in [1.54, 1.807) is 55.5 Å². The second kappa shape index (κ2) is 8.78. The van der Waals surface area contributed by atoms with Crippen LogP contribution in [0, 0.1) is 0 Å². The van der Waals surface area contributed by atoms with E-state index >= 15 is 0 Å². The Morgan fingerprint density at radius 1 is 1.15 bits per heavy atom. The molecule has 4 rings (SSSR count). The van der Waals surface area contributed by atoms with E-state index in [1.807, 2.05) is 0 Å². The van der Waals surface area contributed by atoms with Crippen LogP contribution in [-0.2, 0) is 0 Å². The number of carbonyl (C=O) groups excluding carboxylic acids is 1. The number of halogens is 4. The van der Waals surface area contributed by atoms with Gasteiger partial charge < -0.3 is 9.84 Å². The van der Waals surface area contributed by atoms with E-state index < -0.39 is 36.6 Å². The Balaban J connectivity index is 1.90. The number of ether oxygens (including phenoxy) is 1.